The fraction of sp³-hybridized carbons (Fsp3) is 0.875. The minimum absolute atomic E-state index is 0.162. The number of nitrogens with zero attached hydrogens (tertiary/aromatic N) is 1. The van der Waals surface area contributed by atoms with Crippen LogP contribution in [0.25, 0.3) is 0 Å². The van der Waals surface area contributed by atoms with Crippen molar-refractivity contribution in [3.63, 3.8) is 0 Å². The lowest BCUT2D eigenvalue weighted by Gasteiger charge is -2.12. The molecule has 4 heteroatoms. The van der Waals surface area contributed by atoms with Crippen molar-refractivity contribution >= 4 is 5.97 Å². The summed E-state index contributed by atoms with van der Waals surface area (Å²) < 4.78 is 4.57. The van der Waals surface area contributed by atoms with Crippen LogP contribution in [0, 0.1) is 0 Å². The van der Waals surface area contributed by atoms with E-state index in [1.165, 1.54) is 7.11 Å². The minimum Gasteiger partial charge on any atom is -0.469 e. The Bertz CT molecular complexity index is 142. The SMILES string of the molecule is COC(=O)CC1C[N]CCCN1. The predicted molar refractivity (Wildman–Crippen MR) is 44.9 cm³/mol. The van der Waals surface area contributed by atoms with Gasteiger partial charge in [-0.25, -0.2) is 5.32 Å². The second kappa shape index (κ2) is 5.11. The van der Waals surface area contributed by atoms with Crippen LogP contribution in [0.4, 0.5) is 0 Å². The zero-order valence-electron chi connectivity index (χ0n) is 7.38. The van der Waals surface area contributed by atoms with Gasteiger partial charge in [-0.05, 0) is 13.0 Å². The predicted octanol–water partition coefficient (Wildman–Crippen LogP) is -0.484. The van der Waals surface area contributed by atoms with Gasteiger partial charge in [0.1, 0.15) is 0 Å². The molecule has 0 aliphatic carbocycles. The number of ether oxygens (including phenoxy) is 1. The maximum atomic E-state index is 10.9. The van der Waals surface area contributed by atoms with Gasteiger partial charge in [0, 0.05) is 19.1 Å². The fourth-order valence-electron chi connectivity index (χ4n) is 1.23. The van der Waals surface area contributed by atoms with Gasteiger partial charge in [0.2, 0.25) is 0 Å². The van der Waals surface area contributed by atoms with E-state index in [2.05, 4.69) is 15.4 Å². The fourth-order valence-corrected chi connectivity index (χ4v) is 1.23. The molecule has 1 aliphatic rings. The molecule has 1 unspecified atom stereocenters. The van der Waals surface area contributed by atoms with Gasteiger partial charge < -0.3 is 10.1 Å². The maximum Gasteiger partial charge on any atom is 0.307 e. The van der Waals surface area contributed by atoms with Crippen LogP contribution in [-0.2, 0) is 9.53 Å². The molecule has 1 saturated heterocycles. The Balaban J connectivity index is 2.24. The summed E-state index contributed by atoms with van der Waals surface area (Å²) in [4.78, 5) is 10.9. The zero-order chi connectivity index (χ0) is 8.81. The third-order valence-corrected chi connectivity index (χ3v) is 1.92. The maximum absolute atomic E-state index is 10.9. The molecule has 0 amide bonds. The standard InChI is InChI=1S/C8H15N2O2/c1-12-8(11)5-7-6-9-3-2-4-10-7/h7,10H,2-6H2,1H3. The van der Waals surface area contributed by atoms with Crippen LogP contribution in [0.1, 0.15) is 12.8 Å². The zero-order valence-corrected chi connectivity index (χ0v) is 7.38. The van der Waals surface area contributed by atoms with Crippen LogP contribution in [0.15, 0.2) is 0 Å². The van der Waals surface area contributed by atoms with E-state index in [0.717, 1.165) is 26.1 Å². The van der Waals surface area contributed by atoms with Crippen molar-refractivity contribution in [1.29, 1.82) is 0 Å². The molecule has 69 valence electrons. The van der Waals surface area contributed by atoms with Crippen molar-refractivity contribution in [1.82, 2.24) is 10.6 Å². The van der Waals surface area contributed by atoms with Gasteiger partial charge in [0.05, 0.1) is 13.5 Å². The van der Waals surface area contributed by atoms with Crippen molar-refractivity contribution in [2.24, 2.45) is 0 Å². The molecule has 1 rings (SSSR count). The highest BCUT2D eigenvalue weighted by Gasteiger charge is 2.15. The highest BCUT2D eigenvalue weighted by atomic mass is 16.5. The lowest BCUT2D eigenvalue weighted by Crippen LogP contribution is -2.35. The Morgan fingerprint density at radius 3 is 3.33 bits per heavy atom. The second-order valence-electron chi connectivity index (χ2n) is 2.91. The second-order valence-corrected chi connectivity index (χ2v) is 2.91. The summed E-state index contributed by atoms with van der Waals surface area (Å²) in [5.74, 6) is -0.162. The molecule has 0 bridgehead atoms. The average Bonchev–Trinajstić information content (AvgIpc) is 2.33. The van der Waals surface area contributed by atoms with Gasteiger partial charge in [-0.2, -0.15) is 0 Å². The first-order valence-electron chi connectivity index (χ1n) is 4.26. The summed E-state index contributed by atoms with van der Waals surface area (Å²) in [5, 5.41) is 7.52. The van der Waals surface area contributed by atoms with E-state index in [4.69, 9.17) is 0 Å². The summed E-state index contributed by atoms with van der Waals surface area (Å²) in [6, 6.07) is 0.181. The molecule has 1 atom stereocenters. The highest BCUT2D eigenvalue weighted by Crippen LogP contribution is 1.97. The third kappa shape index (κ3) is 3.19. The van der Waals surface area contributed by atoms with Gasteiger partial charge in [-0.3, -0.25) is 4.79 Å². The van der Waals surface area contributed by atoms with Crippen LogP contribution < -0.4 is 10.6 Å². The molecule has 1 heterocycles. The molecule has 0 saturated carbocycles. The van der Waals surface area contributed by atoms with E-state index in [1.807, 2.05) is 0 Å². The third-order valence-electron chi connectivity index (χ3n) is 1.92. The first-order valence-corrected chi connectivity index (χ1v) is 4.26. The van der Waals surface area contributed by atoms with Gasteiger partial charge in [0.25, 0.3) is 0 Å². The number of hydrogen-bond donors (Lipinski definition) is 1. The highest BCUT2D eigenvalue weighted by molar-refractivity contribution is 5.69. The normalized spacial score (nSPS) is 24.6. The van der Waals surface area contributed by atoms with E-state index in [9.17, 15) is 4.79 Å². The summed E-state index contributed by atoms with van der Waals surface area (Å²) in [5.41, 5.74) is 0. The Morgan fingerprint density at radius 1 is 1.75 bits per heavy atom. The van der Waals surface area contributed by atoms with Gasteiger partial charge in [-0.1, -0.05) is 0 Å². The Morgan fingerprint density at radius 2 is 2.58 bits per heavy atom. The van der Waals surface area contributed by atoms with Crippen molar-refractivity contribution in [3.05, 3.63) is 0 Å². The molecule has 1 fully saturated rings. The molecule has 1 N–H and O–H groups in total. The number of rotatable bonds is 2. The van der Waals surface area contributed by atoms with Gasteiger partial charge in [0.15, 0.2) is 0 Å². The van der Waals surface area contributed by atoms with Crippen molar-refractivity contribution < 1.29 is 9.53 Å². The lowest BCUT2D eigenvalue weighted by molar-refractivity contribution is -0.141. The van der Waals surface area contributed by atoms with E-state index in [1.54, 1.807) is 0 Å². The summed E-state index contributed by atoms with van der Waals surface area (Å²) in [6.45, 7) is 2.59. The Labute approximate surface area is 72.7 Å². The van der Waals surface area contributed by atoms with E-state index in [-0.39, 0.29) is 12.0 Å². The van der Waals surface area contributed by atoms with Crippen molar-refractivity contribution in [2.45, 2.75) is 18.9 Å². The van der Waals surface area contributed by atoms with Crippen LogP contribution >= 0.6 is 0 Å². The number of carbonyl (C=O) groups is 1. The molecule has 0 spiro atoms. The number of hydrogen-bond acceptors (Lipinski definition) is 3. The molecule has 4 nitrogen and oxygen atoms in total. The van der Waals surface area contributed by atoms with Gasteiger partial charge in [-0.15, -0.1) is 0 Å². The van der Waals surface area contributed by atoms with Crippen molar-refractivity contribution in [3.8, 4) is 0 Å². The van der Waals surface area contributed by atoms with Crippen LogP contribution in [0.5, 0.6) is 0 Å². The van der Waals surface area contributed by atoms with Gasteiger partial charge >= 0.3 is 5.97 Å². The number of esters is 1. The smallest absolute Gasteiger partial charge is 0.307 e. The van der Waals surface area contributed by atoms with E-state index < -0.39 is 0 Å². The molecule has 1 radical (unpaired) electrons. The van der Waals surface area contributed by atoms with E-state index in [0.29, 0.717) is 6.42 Å². The van der Waals surface area contributed by atoms with E-state index >= 15 is 0 Å². The monoisotopic (exact) mass is 171 g/mol. The molecular weight excluding hydrogens is 156 g/mol. The summed E-state index contributed by atoms with van der Waals surface area (Å²) >= 11 is 0. The lowest BCUT2D eigenvalue weighted by atomic mass is 10.2. The molecular formula is C8H15N2O2. The topological polar surface area (TPSA) is 52.4 Å². The van der Waals surface area contributed by atoms with Crippen molar-refractivity contribution in [2.75, 3.05) is 26.7 Å². The number of methoxy groups -OCH3 is 1. The summed E-state index contributed by atoms with van der Waals surface area (Å²) in [7, 11) is 1.41. The van der Waals surface area contributed by atoms with Crippen LogP contribution in [0.3, 0.4) is 0 Å². The molecule has 1 aliphatic heterocycles. The number of carbonyl (C=O) groups excluding carboxylic acids is 1. The molecule has 12 heavy (non-hydrogen) atoms. The first kappa shape index (κ1) is 9.48. The molecule has 0 aromatic carbocycles. The summed E-state index contributed by atoms with van der Waals surface area (Å²) in [6.07, 6.45) is 1.50. The Hall–Kier alpha value is -0.610. The number of nitrogens with one attached hydrogen (secondary N) is 1. The largest absolute Gasteiger partial charge is 0.469 e. The van der Waals surface area contributed by atoms with Crippen LogP contribution in [0.2, 0.25) is 0 Å². The quantitative estimate of drug-likeness (QED) is 0.571. The first-order chi connectivity index (χ1) is 5.83. The minimum atomic E-state index is -0.162. The Kier molecular flexibility index (Phi) is 4.04. The molecule has 0 aromatic rings. The average molecular weight is 171 g/mol. The molecule has 0 aromatic heterocycles. The van der Waals surface area contributed by atoms with Crippen LogP contribution in [-0.4, -0.2) is 38.8 Å².